The highest BCUT2D eigenvalue weighted by Crippen LogP contribution is 2.29. The lowest BCUT2D eigenvalue weighted by Crippen LogP contribution is -2.13. The lowest BCUT2D eigenvalue weighted by Gasteiger charge is -2.08. The first-order valence-corrected chi connectivity index (χ1v) is 8.59. The molecule has 0 heterocycles. The van der Waals surface area contributed by atoms with Crippen LogP contribution < -0.4 is 4.74 Å². The van der Waals surface area contributed by atoms with Crippen LogP contribution in [-0.4, -0.2) is 16.8 Å². The topological polar surface area (TPSA) is 43.4 Å². The number of rotatable bonds is 9. The van der Waals surface area contributed by atoms with Crippen LogP contribution in [0.15, 0.2) is 0 Å². The molecule has 0 N–H and O–H groups in total. The summed E-state index contributed by atoms with van der Waals surface area (Å²) in [5.74, 6) is -12.9. The van der Waals surface area contributed by atoms with E-state index in [0.29, 0.717) is 12.8 Å². The molecule has 1 rings (SSSR count). The van der Waals surface area contributed by atoms with E-state index in [1.807, 2.05) is 0 Å². The van der Waals surface area contributed by atoms with E-state index in [2.05, 4.69) is 4.74 Å². The minimum absolute atomic E-state index is 0.0517. The van der Waals surface area contributed by atoms with Crippen molar-refractivity contribution in [2.45, 2.75) is 45.4 Å². The highest BCUT2D eigenvalue weighted by Gasteiger charge is 2.28. The number of carbonyl (C=O) groups excluding carboxylic acids is 2. The fraction of sp³-hybridized carbons (Fsp3) is 0.500. The van der Waals surface area contributed by atoms with Gasteiger partial charge in [-0.3, -0.25) is 9.59 Å². The zero-order valence-corrected chi connectivity index (χ0v) is 14.3. The van der Waals surface area contributed by atoms with Crippen molar-refractivity contribution < 1.29 is 36.3 Å². The van der Waals surface area contributed by atoms with Gasteiger partial charge in [0.15, 0.2) is 5.12 Å². The Kier molecular flexibility index (Phi) is 8.88. The summed E-state index contributed by atoms with van der Waals surface area (Å²) >= 11 is 1.24. The van der Waals surface area contributed by atoms with Gasteiger partial charge in [-0.15, -0.1) is 0 Å². The molecule has 0 aliphatic carbocycles. The average molecular weight is 384 g/mol. The van der Waals surface area contributed by atoms with Crippen molar-refractivity contribution in [2.24, 2.45) is 0 Å². The molecule has 140 valence electrons. The number of benzene rings is 1. The fourth-order valence-electron chi connectivity index (χ4n) is 1.96. The van der Waals surface area contributed by atoms with Crippen LogP contribution in [-0.2, 0) is 9.59 Å². The maximum Gasteiger partial charge on any atom is 0.311 e. The summed E-state index contributed by atoms with van der Waals surface area (Å²) in [6.07, 6.45) is 3.27. The lowest BCUT2D eigenvalue weighted by atomic mass is 10.1. The Labute approximate surface area is 145 Å². The van der Waals surface area contributed by atoms with Crippen molar-refractivity contribution in [2.75, 3.05) is 5.75 Å². The van der Waals surface area contributed by atoms with Crippen molar-refractivity contribution in [1.82, 2.24) is 0 Å². The fourth-order valence-corrected chi connectivity index (χ4v) is 2.59. The minimum atomic E-state index is -2.31. The van der Waals surface area contributed by atoms with Crippen LogP contribution in [0.3, 0.4) is 0 Å². The predicted octanol–water partition coefficient (Wildman–Crippen LogP) is 4.91. The largest absolute Gasteiger partial charge is 0.420 e. The van der Waals surface area contributed by atoms with Crippen molar-refractivity contribution >= 4 is 22.8 Å². The van der Waals surface area contributed by atoms with Gasteiger partial charge in [-0.25, -0.2) is 13.2 Å². The van der Waals surface area contributed by atoms with Crippen LogP contribution in [0.5, 0.6) is 5.75 Å². The summed E-state index contributed by atoms with van der Waals surface area (Å²) in [6, 6.07) is 0. The van der Waals surface area contributed by atoms with Crippen LogP contribution in [0.4, 0.5) is 22.0 Å². The molecule has 0 radical (unpaired) electrons. The Balaban J connectivity index is 2.37. The lowest BCUT2D eigenvalue weighted by molar-refractivity contribution is -0.135. The molecule has 0 aliphatic rings. The second kappa shape index (κ2) is 10.4. The zero-order valence-electron chi connectivity index (χ0n) is 13.5. The average Bonchev–Trinajstić information content (AvgIpc) is 2.57. The Morgan fingerprint density at radius 2 is 1.28 bits per heavy atom. The molecule has 3 nitrogen and oxygen atoms in total. The van der Waals surface area contributed by atoms with Crippen LogP contribution in [0.2, 0.25) is 0 Å². The molecule has 1 aromatic carbocycles. The first-order chi connectivity index (χ1) is 11.8. The smallest absolute Gasteiger partial charge is 0.311 e. The monoisotopic (exact) mass is 384 g/mol. The number of ether oxygens (including phenoxy) is 1. The molecule has 0 saturated heterocycles. The molecule has 0 aromatic heterocycles. The molecule has 0 fully saturated rings. The quantitative estimate of drug-likeness (QED) is 0.152. The summed E-state index contributed by atoms with van der Waals surface area (Å²) in [7, 11) is 0. The molecule has 0 atom stereocenters. The van der Waals surface area contributed by atoms with Crippen molar-refractivity contribution in [3.05, 3.63) is 29.1 Å². The summed E-state index contributed by atoms with van der Waals surface area (Å²) in [5, 5.41) is 0.0517. The number of carbonyl (C=O) groups is 2. The predicted molar refractivity (Wildman–Crippen MR) is 82.7 cm³/mol. The highest BCUT2D eigenvalue weighted by atomic mass is 32.2. The summed E-state index contributed by atoms with van der Waals surface area (Å²) in [4.78, 5) is 22.2. The Morgan fingerprint density at radius 3 is 1.84 bits per heavy atom. The van der Waals surface area contributed by atoms with E-state index in [4.69, 9.17) is 0 Å². The van der Waals surface area contributed by atoms with Gasteiger partial charge in [0.25, 0.3) is 0 Å². The Hall–Kier alpha value is -1.64. The van der Waals surface area contributed by atoms with Gasteiger partial charge in [-0.2, -0.15) is 8.78 Å². The third-order valence-electron chi connectivity index (χ3n) is 3.22. The van der Waals surface area contributed by atoms with Gasteiger partial charge in [0.05, 0.1) is 0 Å². The molecule has 0 bridgehead atoms. The number of hydrogen-bond acceptors (Lipinski definition) is 4. The van der Waals surface area contributed by atoms with E-state index in [-0.39, 0.29) is 11.5 Å². The molecule has 0 aliphatic heterocycles. The van der Waals surface area contributed by atoms with Crippen LogP contribution in [0.1, 0.15) is 45.4 Å². The van der Waals surface area contributed by atoms with Gasteiger partial charge in [0, 0.05) is 19.1 Å². The van der Waals surface area contributed by atoms with Gasteiger partial charge in [-0.05, 0) is 12.8 Å². The molecule has 0 saturated carbocycles. The molecular formula is C16H17F5O3S. The zero-order chi connectivity index (χ0) is 19.0. The van der Waals surface area contributed by atoms with E-state index in [9.17, 15) is 31.5 Å². The Bertz CT molecular complexity index is 608. The third-order valence-corrected chi connectivity index (χ3v) is 4.12. The van der Waals surface area contributed by atoms with Gasteiger partial charge in [0.1, 0.15) is 0 Å². The second-order valence-corrected chi connectivity index (χ2v) is 6.50. The molecule has 0 unspecified atom stereocenters. The maximum absolute atomic E-state index is 13.4. The normalized spacial score (nSPS) is 10.8. The van der Waals surface area contributed by atoms with E-state index in [0.717, 1.165) is 25.0 Å². The number of halogens is 5. The van der Waals surface area contributed by atoms with Gasteiger partial charge in [0.2, 0.25) is 34.8 Å². The molecule has 9 heteroatoms. The molecule has 25 heavy (non-hydrogen) atoms. The summed E-state index contributed by atoms with van der Waals surface area (Å²) in [6.45, 7) is 1.49. The van der Waals surface area contributed by atoms with E-state index in [1.54, 1.807) is 0 Å². The summed E-state index contributed by atoms with van der Waals surface area (Å²) in [5.41, 5.74) is 0. The van der Waals surface area contributed by atoms with Gasteiger partial charge in [-0.1, -0.05) is 31.0 Å². The van der Waals surface area contributed by atoms with Crippen molar-refractivity contribution in [1.29, 1.82) is 0 Å². The van der Waals surface area contributed by atoms with Gasteiger partial charge < -0.3 is 4.74 Å². The SMILES string of the molecule is CC(=O)SCCCCCCCC(=O)Oc1c(F)c(F)c(F)c(F)c1F. The van der Waals surface area contributed by atoms with Crippen LogP contribution in [0, 0.1) is 29.1 Å². The molecule has 1 aromatic rings. The first kappa shape index (κ1) is 21.4. The number of hydrogen-bond donors (Lipinski definition) is 0. The molecular weight excluding hydrogens is 367 g/mol. The number of unbranched alkanes of at least 4 members (excludes halogenated alkanes) is 4. The van der Waals surface area contributed by atoms with E-state index < -0.39 is 40.8 Å². The van der Waals surface area contributed by atoms with Gasteiger partial charge >= 0.3 is 5.97 Å². The van der Waals surface area contributed by atoms with Crippen molar-refractivity contribution in [3.8, 4) is 5.75 Å². The molecule has 0 amide bonds. The summed E-state index contributed by atoms with van der Waals surface area (Å²) < 4.78 is 69.8. The Morgan fingerprint density at radius 1 is 0.800 bits per heavy atom. The number of thioether (sulfide) groups is 1. The first-order valence-electron chi connectivity index (χ1n) is 7.61. The van der Waals surface area contributed by atoms with Crippen LogP contribution in [0.25, 0.3) is 0 Å². The maximum atomic E-state index is 13.4. The highest BCUT2D eigenvalue weighted by molar-refractivity contribution is 8.13. The number of esters is 1. The second-order valence-electron chi connectivity index (χ2n) is 5.23. The molecule has 0 spiro atoms. The minimum Gasteiger partial charge on any atom is -0.420 e. The standard InChI is InChI=1S/C16H17F5O3S/c1-9(22)25-8-6-4-2-3-5-7-10(23)24-16-14(20)12(18)11(17)13(19)15(16)21/h2-8H2,1H3. The third kappa shape index (κ3) is 6.64. The van der Waals surface area contributed by atoms with E-state index >= 15 is 0 Å². The van der Waals surface area contributed by atoms with E-state index in [1.165, 1.54) is 18.7 Å². The van der Waals surface area contributed by atoms with Crippen molar-refractivity contribution in [3.63, 3.8) is 0 Å². The van der Waals surface area contributed by atoms with Crippen LogP contribution >= 0.6 is 11.8 Å².